The van der Waals surface area contributed by atoms with Gasteiger partial charge < -0.3 is 10.1 Å². The summed E-state index contributed by atoms with van der Waals surface area (Å²) < 4.78 is 6.77. The Hall–Kier alpha value is -1.39. The first-order chi connectivity index (χ1) is 9.54. The number of benzene rings is 1. The molecule has 1 heterocycles. The third-order valence-electron chi connectivity index (χ3n) is 2.76. The number of hydrogen-bond donors (Lipinski definition) is 1. The van der Waals surface area contributed by atoms with Gasteiger partial charge in [-0.15, -0.1) is 0 Å². The summed E-state index contributed by atoms with van der Waals surface area (Å²) in [6, 6.07) is 12.3. The highest BCUT2D eigenvalue weighted by Gasteiger charge is 2.06. The van der Waals surface area contributed by atoms with E-state index in [2.05, 4.69) is 46.1 Å². The number of aromatic nitrogens is 1. The van der Waals surface area contributed by atoms with Crippen LogP contribution in [-0.2, 0) is 6.54 Å². The number of pyridine rings is 1. The molecule has 0 amide bonds. The fourth-order valence-corrected chi connectivity index (χ4v) is 2.19. The Labute approximate surface area is 128 Å². The summed E-state index contributed by atoms with van der Waals surface area (Å²) >= 11 is 3.48. The van der Waals surface area contributed by atoms with Gasteiger partial charge in [-0.2, -0.15) is 0 Å². The Morgan fingerprint density at radius 2 is 2.00 bits per heavy atom. The van der Waals surface area contributed by atoms with Crippen molar-refractivity contribution in [3.05, 3.63) is 52.1 Å². The van der Waals surface area contributed by atoms with Gasteiger partial charge in [-0.1, -0.05) is 26.0 Å². The number of halogens is 1. The molecular formula is C16H19BrN2O. The van der Waals surface area contributed by atoms with E-state index in [0.29, 0.717) is 11.9 Å². The lowest BCUT2D eigenvalue weighted by Crippen LogP contribution is -2.21. The van der Waals surface area contributed by atoms with Gasteiger partial charge >= 0.3 is 0 Å². The van der Waals surface area contributed by atoms with Gasteiger partial charge in [0.05, 0.1) is 4.47 Å². The van der Waals surface area contributed by atoms with Gasteiger partial charge in [-0.3, -0.25) is 0 Å². The third kappa shape index (κ3) is 4.32. The van der Waals surface area contributed by atoms with Crippen molar-refractivity contribution in [3.63, 3.8) is 0 Å². The Bertz CT molecular complexity index is 584. The first kappa shape index (κ1) is 15.0. The highest BCUT2D eigenvalue weighted by Crippen LogP contribution is 2.28. The summed E-state index contributed by atoms with van der Waals surface area (Å²) in [5, 5.41) is 3.40. The second-order valence-electron chi connectivity index (χ2n) is 5.02. The van der Waals surface area contributed by atoms with E-state index in [-0.39, 0.29) is 0 Å². The number of hydrogen-bond acceptors (Lipinski definition) is 3. The molecule has 0 radical (unpaired) electrons. The van der Waals surface area contributed by atoms with Gasteiger partial charge in [0.2, 0.25) is 5.88 Å². The zero-order valence-corrected chi connectivity index (χ0v) is 13.6. The molecule has 0 aliphatic heterocycles. The smallest absolute Gasteiger partial charge is 0.219 e. The number of nitrogens with zero attached hydrogens (tertiary/aromatic N) is 1. The van der Waals surface area contributed by atoms with Crippen LogP contribution in [0, 0.1) is 6.92 Å². The molecule has 0 unspecified atom stereocenters. The second kappa shape index (κ2) is 6.86. The fourth-order valence-electron chi connectivity index (χ4n) is 1.82. The molecule has 20 heavy (non-hydrogen) atoms. The van der Waals surface area contributed by atoms with Crippen LogP contribution >= 0.6 is 15.9 Å². The molecule has 2 rings (SSSR count). The predicted octanol–water partition coefficient (Wildman–Crippen LogP) is 4.44. The van der Waals surface area contributed by atoms with Crippen LogP contribution in [0.2, 0.25) is 0 Å². The van der Waals surface area contributed by atoms with Crippen molar-refractivity contribution in [1.82, 2.24) is 10.3 Å². The molecule has 4 heteroatoms. The molecule has 0 aliphatic carbocycles. The summed E-state index contributed by atoms with van der Waals surface area (Å²) in [5.74, 6) is 1.39. The third-order valence-corrected chi connectivity index (χ3v) is 3.41. The monoisotopic (exact) mass is 334 g/mol. The van der Waals surface area contributed by atoms with Crippen LogP contribution in [0.1, 0.15) is 25.1 Å². The Morgan fingerprint density at radius 1 is 1.25 bits per heavy atom. The molecule has 3 nitrogen and oxygen atoms in total. The number of aryl methyl sites for hydroxylation is 1. The van der Waals surface area contributed by atoms with E-state index >= 15 is 0 Å². The molecule has 0 saturated carbocycles. The SMILES string of the molecule is Cc1cc(CNC(C)C)cc(Oc2ccccc2Br)n1. The molecule has 0 fully saturated rings. The first-order valence-corrected chi connectivity index (χ1v) is 7.47. The molecule has 106 valence electrons. The van der Waals surface area contributed by atoms with Gasteiger partial charge in [-0.05, 0) is 46.6 Å². The zero-order valence-electron chi connectivity index (χ0n) is 12.0. The maximum Gasteiger partial charge on any atom is 0.219 e. The highest BCUT2D eigenvalue weighted by atomic mass is 79.9. The minimum Gasteiger partial charge on any atom is -0.438 e. The minimum absolute atomic E-state index is 0.455. The topological polar surface area (TPSA) is 34.1 Å². The van der Waals surface area contributed by atoms with E-state index in [0.717, 1.165) is 22.5 Å². The van der Waals surface area contributed by atoms with Crippen molar-refractivity contribution in [2.24, 2.45) is 0 Å². The summed E-state index contributed by atoms with van der Waals surface area (Å²) in [6.07, 6.45) is 0. The largest absolute Gasteiger partial charge is 0.438 e. The van der Waals surface area contributed by atoms with Gasteiger partial charge in [0.25, 0.3) is 0 Å². The highest BCUT2D eigenvalue weighted by molar-refractivity contribution is 9.10. The van der Waals surface area contributed by atoms with E-state index in [1.807, 2.05) is 37.3 Å². The van der Waals surface area contributed by atoms with E-state index in [1.54, 1.807) is 0 Å². The van der Waals surface area contributed by atoms with Crippen LogP contribution in [0.15, 0.2) is 40.9 Å². The van der Waals surface area contributed by atoms with E-state index in [1.165, 1.54) is 5.56 Å². The molecule has 0 bridgehead atoms. The fraction of sp³-hybridized carbons (Fsp3) is 0.312. The quantitative estimate of drug-likeness (QED) is 0.877. The zero-order chi connectivity index (χ0) is 14.5. The number of nitrogens with one attached hydrogen (secondary N) is 1. The molecule has 0 saturated heterocycles. The van der Waals surface area contributed by atoms with Gasteiger partial charge in [0, 0.05) is 24.3 Å². The van der Waals surface area contributed by atoms with Crippen LogP contribution in [0.5, 0.6) is 11.6 Å². The normalized spacial score (nSPS) is 10.8. The molecular weight excluding hydrogens is 316 g/mol. The van der Waals surface area contributed by atoms with Crippen molar-refractivity contribution >= 4 is 15.9 Å². The predicted molar refractivity (Wildman–Crippen MR) is 85.2 cm³/mol. The van der Waals surface area contributed by atoms with Crippen LogP contribution in [0.25, 0.3) is 0 Å². The molecule has 2 aromatic rings. The maximum absolute atomic E-state index is 5.85. The molecule has 1 aromatic heterocycles. The number of ether oxygens (including phenoxy) is 1. The van der Waals surface area contributed by atoms with Crippen molar-refractivity contribution in [1.29, 1.82) is 0 Å². The van der Waals surface area contributed by atoms with E-state index in [4.69, 9.17) is 4.74 Å². The number of rotatable bonds is 5. The summed E-state index contributed by atoms with van der Waals surface area (Å²) in [5.41, 5.74) is 2.13. The lowest BCUT2D eigenvalue weighted by Gasteiger charge is -2.11. The summed E-state index contributed by atoms with van der Waals surface area (Å²) in [6.45, 7) is 7.05. The minimum atomic E-state index is 0.455. The maximum atomic E-state index is 5.85. The number of para-hydroxylation sites is 1. The molecule has 0 spiro atoms. The van der Waals surface area contributed by atoms with Crippen LogP contribution < -0.4 is 10.1 Å². The lowest BCUT2D eigenvalue weighted by molar-refractivity contribution is 0.457. The van der Waals surface area contributed by atoms with Crippen LogP contribution in [-0.4, -0.2) is 11.0 Å². The Morgan fingerprint density at radius 3 is 2.70 bits per heavy atom. The van der Waals surface area contributed by atoms with Gasteiger partial charge in [0.15, 0.2) is 0 Å². The van der Waals surface area contributed by atoms with Gasteiger partial charge in [-0.25, -0.2) is 4.98 Å². The van der Waals surface area contributed by atoms with E-state index < -0.39 is 0 Å². The average Bonchev–Trinajstić information content (AvgIpc) is 2.38. The average molecular weight is 335 g/mol. The summed E-state index contributed by atoms with van der Waals surface area (Å²) in [4.78, 5) is 4.43. The van der Waals surface area contributed by atoms with Crippen molar-refractivity contribution in [3.8, 4) is 11.6 Å². The second-order valence-corrected chi connectivity index (χ2v) is 5.88. The molecule has 1 N–H and O–H groups in total. The van der Waals surface area contributed by atoms with Crippen LogP contribution in [0.4, 0.5) is 0 Å². The first-order valence-electron chi connectivity index (χ1n) is 6.68. The van der Waals surface area contributed by atoms with Gasteiger partial charge in [0.1, 0.15) is 5.75 Å². The van der Waals surface area contributed by atoms with Crippen molar-refractivity contribution in [2.75, 3.05) is 0 Å². The lowest BCUT2D eigenvalue weighted by atomic mass is 10.2. The van der Waals surface area contributed by atoms with Crippen molar-refractivity contribution < 1.29 is 4.74 Å². The Kier molecular flexibility index (Phi) is 5.15. The van der Waals surface area contributed by atoms with E-state index in [9.17, 15) is 0 Å². The van der Waals surface area contributed by atoms with Crippen LogP contribution in [0.3, 0.4) is 0 Å². The standard InChI is InChI=1S/C16H19BrN2O/c1-11(2)18-10-13-8-12(3)19-16(9-13)20-15-7-5-4-6-14(15)17/h4-9,11,18H,10H2,1-3H3. The Balaban J connectivity index is 2.17. The molecule has 0 aliphatic rings. The summed E-state index contributed by atoms with van der Waals surface area (Å²) in [7, 11) is 0. The molecule has 1 aromatic carbocycles. The van der Waals surface area contributed by atoms with Crippen molar-refractivity contribution in [2.45, 2.75) is 33.4 Å². The molecule has 0 atom stereocenters.